The van der Waals surface area contributed by atoms with Crippen molar-refractivity contribution in [3.8, 4) is 17.1 Å². The lowest BCUT2D eigenvalue weighted by Crippen LogP contribution is -2.21. The summed E-state index contributed by atoms with van der Waals surface area (Å²) >= 11 is 0. The van der Waals surface area contributed by atoms with E-state index in [4.69, 9.17) is 4.74 Å². The maximum Gasteiger partial charge on any atom is 0.159 e. The van der Waals surface area contributed by atoms with Gasteiger partial charge in [-0.1, -0.05) is 83.6 Å². The van der Waals surface area contributed by atoms with E-state index >= 15 is 0 Å². The second-order valence-corrected chi connectivity index (χ2v) is 8.05. The third-order valence-electron chi connectivity index (χ3n) is 5.43. The van der Waals surface area contributed by atoms with Crippen LogP contribution in [0, 0.1) is 5.92 Å². The summed E-state index contributed by atoms with van der Waals surface area (Å²) in [6, 6.07) is 8.48. The van der Waals surface area contributed by atoms with Crippen LogP contribution in [-0.2, 0) is 6.42 Å². The minimum absolute atomic E-state index is 0.00930. The molecule has 0 saturated carbocycles. The maximum atomic E-state index is 14.1. The molecule has 0 radical (unpaired) electrons. The highest BCUT2D eigenvalue weighted by Crippen LogP contribution is 2.20. The monoisotopic (exact) mass is 400 g/mol. The molecular weight excluding hydrogens is 363 g/mol. The molecule has 0 saturated heterocycles. The first-order valence-electron chi connectivity index (χ1n) is 11.3. The van der Waals surface area contributed by atoms with Gasteiger partial charge in [-0.2, -0.15) is 0 Å². The fraction of sp³-hybridized carbons (Fsp3) is 0.600. The van der Waals surface area contributed by atoms with E-state index in [2.05, 4.69) is 48.1 Å². The number of halogens is 1. The molecule has 2 aromatic rings. The number of ether oxygens (including phenoxy) is 1. The molecule has 0 spiro atoms. The smallest absolute Gasteiger partial charge is 0.159 e. The summed E-state index contributed by atoms with van der Waals surface area (Å²) in [5.41, 5.74) is 2.35. The van der Waals surface area contributed by atoms with E-state index in [0.717, 1.165) is 24.8 Å². The van der Waals surface area contributed by atoms with Crippen LogP contribution in [0.5, 0.6) is 5.75 Å². The van der Waals surface area contributed by atoms with Gasteiger partial charge in [0.05, 0.1) is 12.4 Å². The van der Waals surface area contributed by atoms with Crippen LogP contribution in [0.25, 0.3) is 11.4 Å². The van der Waals surface area contributed by atoms with Gasteiger partial charge in [-0.25, -0.2) is 14.4 Å². The van der Waals surface area contributed by atoms with Crippen LogP contribution < -0.4 is 4.74 Å². The minimum atomic E-state index is -0.964. The molecule has 0 N–H and O–H groups in total. The largest absolute Gasteiger partial charge is 0.487 e. The Hall–Kier alpha value is -1.97. The normalized spacial score (nSPS) is 13.2. The molecule has 29 heavy (non-hydrogen) atoms. The van der Waals surface area contributed by atoms with Gasteiger partial charge in [0.25, 0.3) is 0 Å². The van der Waals surface area contributed by atoms with Crippen molar-refractivity contribution < 1.29 is 9.13 Å². The molecule has 1 aromatic carbocycles. The predicted molar refractivity (Wildman–Crippen MR) is 119 cm³/mol. The van der Waals surface area contributed by atoms with Crippen LogP contribution in [-0.4, -0.2) is 22.7 Å². The Balaban J connectivity index is 1.79. The van der Waals surface area contributed by atoms with Crippen LogP contribution in [0.3, 0.4) is 0 Å². The average Bonchev–Trinajstić information content (AvgIpc) is 2.75. The van der Waals surface area contributed by atoms with Crippen molar-refractivity contribution in [2.45, 2.75) is 84.7 Å². The van der Waals surface area contributed by atoms with Crippen LogP contribution >= 0.6 is 0 Å². The van der Waals surface area contributed by atoms with Crippen molar-refractivity contribution in [3.63, 3.8) is 0 Å². The van der Waals surface area contributed by atoms with Gasteiger partial charge < -0.3 is 4.74 Å². The van der Waals surface area contributed by atoms with Gasteiger partial charge in [-0.3, -0.25) is 0 Å². The molecule has 0 bridgehead atoms. The zero-order chi connectivity index (χ0) is 20.9. The Bertz CT molecular complexity index is 672. The van der Waals surface area contributed by atoms with Crippen molar-refractivity contribution in [1.29, 1.82) is 0 Å². The minimum Gasteiger partial charge on any atom is -0.487 e. The van der Waals surface area contributed by atoms with E-state index in [-0.39, 0.29) is 12.5 Å². The standard InChI is InChI=1S/C25H37FN2O/c1-4-6-7-8-9-10-12-21-13-15-22(16-14-21)25-27-17-23(18-28-25)29-19-24(26)20(3)11-5-2/h13-18,20,24H,4-12,19H2,1-3H3. The van der Waals surface area contributed by atoms with E-state index in [1.807, 2.05) is 6.92 Å². The summed E-state index contributed by atoms with van der Waals surface area (Å²) in [7, 11) is 0. The molecule has 0 aliphatic carbocycles. The Morgan fingerprint density at radius 2 is 1.55 bits per heavy atom. The van der Waals surface area contributed by atoms with Crippen molar-refractivity contribution >= 4 is 0 Å². The van der Waals surface area contributed by atoms with Gasteiger partial charge in [-0.15, -0.1) is 0 Å². The van der Waals surface area contributed by atoms with Crippen LogP contribution in [0.15, 0.2) is 36.7 Å². The summed E-state index contributed by atoms with van der Waals surface area (Å²) < 4.78 is 19.6. The highest BCUT2D eigenvalue weighted by Gasteiger charge is 2.16. The molecule has 1 heterocycles. The number of rotatable bonds is 14. The van der Waals surface area contributed by atoms with Gasteiger partial charge in [-0.05, 0) is 30.7 Å². The molecule has 4 heteroatoms. The number of aryl methyl sites for hydroxylation is 1. The number of hydrogen-bond donors (Lipinski definition) is 0. The third-order valence-corrected chi connectivity index (χ3v) is 5.43. The second-order valence-electron chi connectivity index (χ2n) is 8.05. The maximum absolute atomic E-state index is 14.1. The van der Waals surface area contributed by atoms with Gasteiger partial charge in [0, 0.05) is 5.56 Å². The highest BCUT2D eigenvalue weighted by molar-refractivity contribution is 5.55. The number of alkyl halides is 1. The predicted octanol–water partition coefficient (Wildman–Crippen LogP) is 7.20. The summed E-state index contributed by atoms with van der Waals surface area (Å²) in [6.07, 6.45) is 13.2. The quantitative estimate of drug-likeness (QED) is 0.314. The number of unbranched alkanes of at least 4 members (excludes halogenated alkanes) is 5. The first kappa shape index (κ1) is 23.3. The van der Waals surface area contributed by atoms with Gasteiger partial charge >= 0.3 is 0 Å². The number of benzene rings is 1. The van der Waals surface area contributed by atoms with Crippen molar-refractivity contribution in [3.05, 3.63) is 42.2 Å². The van der Waals surface area contributed by atoms with Crippen LogP contribution in [0.2, 0.25) is 0 Å². The van der Waals surface area contributed by atoms with Crippen molar-refractivity contribution in [2.75, 3.05) is 6.61 Å². The summed E-state index contributed by atoms with van der Waals surface area (Å²) in [5, 5.41) is 0. The zero-order valence-corrected chi connectivity index (χ0v) is 18.4. The fourth-order valence-electron chi connectivity index (χ4n) is 3.45. The molecule has 2 unspecified atom stereocenters. The Labute approximate surface area is 176 Å². The summed E-state index contributed by atoms with van der Waals surface area (Å²) in [5.74, 6) is 1.19. The lowest BCUT2D eigenvalue weighted by molar-refractivity contribution is 0.142. The van der Waals surface area contributed by atoms with E-state index < -0.39 is 6.17 Å². The molecule has 2 rings (SSSR count). The first-order valence-corrected chi connectivity index (χ1v) is 11.3. The lowest BCUT2D eigenvalue weighted by Gasteiger charge is -2.16. The van der Waals surface area contributed by atoms with Crippen LogP contribution in [0.1, 0.15) is 77.7 Å². The Morgan fingerprint density at radius 3 is 2.21 bits per heavy atom. The first-order chi connectivity index (χ1) is 14.1. The molecule has 0 amide bonds. The fourth-order valence-corrected chi connectivity index (χ4v) is 3.45. The number of aromatic nitrogens is 2. The van der Waals surface area contributed by atoms with E-state index in [0.29, 0.717) is 11.6 Å². The van der Waals surface area contributed by atoms with Crippen molar-refractivity contribution in [1.82, 2.24) is 9.97 Å². The van der Waals surface area contributed by atoms with Gasteiger partial charge in [0.1, 0.15) is 12.8 Å². The second kappa shape index (κ2) is 13.3. The summed E-state index contributed by atoms with van der Waals surface area (Å²) in [4.78, 5) is 8.77. The Kier molecular flexibility index (Phi) is 10.7. The average molecular weight is 401 g/mol. The van der Waals surface area contributed by atoms with Crippen molar-refractivity contribution in [2.24, 2.45) is 5.92 Å². The van der Waals surface area contributed by atoms with E-state index in [1.165, 1.54) is 44.1 Å². The van der Waals surface area contributed by atoms with E-state index in [1.54, 1.807) is 12.4 Å². The molecule has 0 aliphatic rings. The number of nitrogens with zero attached hydrogens (tertiary/aromatic N) is 2. The molecule has 2 atom stereocenters. The number of hydrogen-bond acceptors (Lipinski definition) is 3. The van der Waals surface area contributed by atoms with E-state index in [9.17, 15) is 4.39 Å². The van der Waals surface area contributed by atoms with Gasteiger partial charge in [0.2, 0.25) is 0 Å². The topological polar surface area (TPSA) is 35.0 Å². The summed E-state index contributed by atoms with van der Waals surface area (Å²) in [6.45, 7) is 6.29. The molecule has 3 nitrogen and oxygen atoms in total. The molecule has 0 aliphatic heterocycles. The lowest BCUT2D eigenvalue weighted by atomic mass is 10.0. The SMILES string of the molecule is CCCCCCCCc1ccc(-c2ncc(OCC(F)C(C)CCC)cn2)cc1. The zero-order valence-electron chi connectivity index (χ0n) is 18.4. The highest BCUT2D eigenvalue weighted by atomic mass is 19.1. The molecular formula is C25H37FN2O. The molecule has 160 valence electrons. The third kappa shape index (κ3) is 8.51. The van der Waals surface area contributed by atoms with Gasteiger partial charge in [0.15, 0.2) is 11.6 Å². The molecule has 1 aromatic heterocycles. The molecule has 0 fully saturated rings. The van der Waals surface area contributed by atoms with Crippen LogP contribution in [0.4, 0.5) is 4.39 Å². The Morgan fingerprint density at radius 1 is 0.897 bits per heavy atom.